The first-order chi connectivity index (χ1) is 5.38. The topological polar surface area (TPSA) is 21.3 Å². The maximum absolute atomic E-state index is 5.40. The smallest absolute Gasteiger partial charge is 0.0609 e. The van der Waals surface area contributed by atoms with E-state index in [0.29, 0.717) is 6.10 Å². The lowest BCUT2D eigenvalue weighted by Crippen LogP contribution is -2.37. The molecule has 1 fully saturated rings. The van der Waals surface area contributed by atoms with Gasteiger partial charge in [0.25, 0.3) is 0 Å². The Hall–Kier alpha value is -0.0800. The highest BCUT2D eigenvalue weighted by molar-refractivity contribution is 4.75. The summed E-state index contributed by atoms with van der Waals surface area (Å²) in [6.07, 6.45) is 4.26. The maximum Gasteiger partial charge on any atom is 0.0609 e. The third-order valence-corrected chi connectivity index (χ3v) is 2.57. The van der Waals surface area contributed by atoms with Crippen LogP contribution in [0.5, 0.6) is 0 Å². The van der Waals surface area contributed by atoms with E-state index in [1.807, 2.05) is 7.11 Å². The van der Waals surface area contributed by atoms with Gasteiger partial charge in [-0.2, -0.15) is 0 Å². The molecule has 1 aliphatic rings. The molecule has 0 bridgehead atoms. The van der Waals surface area contributed by atoms with Gasteiger partial charge in [0, 0.05) is 13.7 Å². The summed E-state index contributed by atoms with van der Waals surface area (Å²) in [7, 11) is 1.82. The van der Waals surface area contributed by atoms with Gasteiger partial charge in [0.05, 0.1) is 6.10 Å². The molecule has 11 heavy (non-hydrogen) atoms. The second kappa shape index (κ2) is 4.73. The lowest BCUT2D eigenvalue weighted by Gasteiger charge is -2.28. The van der Waals surface area contributed by atoms with Gasteiger partial charge in [-0.05, 0) is 31.7 Å². The number of nitrogens with one attached hydrogen (secondary N) is 1. The fourth-order valence-corrected chi connectivity index (χ4v) is 1.89. The Morgan fingerprint density at radius 1 is 1.64 bits per heavy atom. The van der Waals surface area contributed by atoms with Gasteiger partial charge in [-0.1, -0.05) is 6.92 Å². The second-order valence-electron chi connectivity index (χ2n) is 3.29. The molecule has 0 saturated carbocycles. The van der Waals surface area contributed by atoms with Crippen LogP contribution in [0.4, 0.5) is 0 Å². The van der Waals surface area contributed by atoms with Crippen LogP contribution in [0.3, 0.4) is 0 Å². The molecule has 66 valence electrons. The van der Waals surface area contributed by atoms with Gasteiger partial charge in [-0.3, -0.25) is 0 Å². The first-order valence-electron chi connectivity index (χ1n) is 4.62. The van der Waals surface area contributed by atoms with Crippen molar-refractivity contribution in [2.75, 3.05) is 20.2 Å². The van der Waals surface area contributed by atoms with Gasteiger partial charge in [0.1, 0.15) is 0 Å². The molecular weight excluding hydrogens is 138 g/mol. The maximum atomic E-state index is 5.40. The number of hydrogen-bond donors (Lipinski definition) is 1. The summed E-state index contributed by atoms with van der Waals surface area (Å²) in [5, 5.41) is 3.40. The molecule has 1 rings (SSSR count). The van der Waals surface area contributed by atoms with Crippen molar-refractivity contribution in [2.45, 2.75) is 32.3 Å². The van der Waals surface area contributed by atoms with Crippen molar-refractivity contribution in [1.82, 2.24) is 5.32 Å². The second-order valence-corrected chi connectivity index (χ2v) is 3.29. The van der Waals surface area contributed by atoms with Gasteiger partial charge in [0.15, 0.2) is 0 Å². The van der Waals surface area contributed by atoms with Crippen molar-refractivity contribution < 1.29 is 4.74 Å². The molecule has 0 aromatic carbocycles. The molecule has 1 N–H and O–H groups in total. The number of rotatable bonds is 3. The van der Waals surface area contributed by atoms with Gasteiger partial charge in [0.2, 0.25) is 0 Å². The Balaban J connectivity index is 2.30. The number of piperidine rings is 1. The van der Waals surface area contributed by atoms with Crippen LogP contribution in [0.15, 0.2) is 0 Å². The number of ether oxygens (including phenoxy) is 1. The van der Waals surface area contributed by atoms with E-state index in [2.05, 4.69) is 12.2 Å². The van der Waals surface area contributed by atoms with Gasteiger partial charge in [-0.15, -0.1) is 0 Å². The SMILES string of the molecule is CC[C@@H](OC)[C@@H]1CCCNC1. The van der Waals surface area contributed by atoms with Crippen molar-refractivity contribution >= 4 is 0 Å². The molecule has 1 saturated heterocycles. The Labute approximate surface area is 69.3 Å². The lowest BCUT2D eigenvalue weighted by molar-refractivity contribution is 0.0393. The highest BCUT2D eigenvalue weighted by Gasteiger charge is 2.21. The molecule has 0 aromatic rings. The molecule has 0 unspecified atom stereocenters. The molecule has 0 radical (unpaired) electrons. The zero-order chi connectivity index (χ0) is 8.10. The van der Waals surface area contributed by atoms with Crippen LogP contribution in [0.1, 0.15) is 26.2 Å². The minimum absolute atomic E-state index is 0.475. The van der Waals surface area contributed by atoms with Crippen LogP contribution in [-0.4, -0.2) is 26.3 Å². The van der Waals surface area contributed by atoms with Crippen LogP contribution in [0, 0.1) is 5.92 Å². The van der Waals surface area contributed by atoms with E-state index in [4.69, 9.17) is 4.74 Å². The minimum Gasteiger partial charge on any atom is -0.381 e. The van der Waals surface area contributed by atoms with E-state index in [9.17, 15) is 0 Å². The number of hydrogen-bond acceptors (Lipinski definition) is 2. The van der Waals surface area contributed by atoms with Crippen LogP contribution in [0.2, 0.25) is 0 Å². The minimum atomic E-state index is 0.475. The molecule has 0 spiro atoms. The monoisotopic (exact) mass is 157 g/mol. The van der Waals surface area contributed by atoms with E-state index >= 15 is 0 Å². The summed E-state index contributed by atoms with van der Waals surface area (Å²) in [6.45, 7) is 4.53. The highest BCUT2D eigenvalue weighted by atomic mass is 16.5. The van der Waals surface area contributed by atoms with Crippen molar-refractivity contribution in [3.05, 3.63) is 0 Å². The summed E-state index contributed by atoms with van der Waals surface area (Å²) in [5.41, 5.74) is 0. The third kappa shape index (κ3) is 2.46. The summed E-state index contributed by atoms with van der Waals surface area (Å²) in [4.78, 5) is 0. The summed E-state index contributed by atoms with van der Waals surface area (Å²) >= 11 is 0. The van der Waals surface area contributed by atoms with Gasteiger partial charge < -0.3 is 10.1 Å². The predicted molar refractivity (Wildman–Crippen MR) is 46.7 cm³/mol. The zero-order valence-corrected chi connectivity index (χ0v) is 7.60. The molecule has 1 aliphatic heterocycles. The van der Waals surface area contributed by atoms with Crippen molar-refractivity contribution in [1.29, 1.82) is 0 Å². The van der Waals surface area contributed by atoms with E-state index < -0.39 is 0 Å². The van der Waals surface area contributed by atoms with Crippen molar-refractivity contribution in [3.8, 4) is 0 Å². The summed E-state index contributed by atoms with van der Waals surface area (Å²) < 4.78 is 5.40. The van der Waals surface area contributed by atoms with Crippen LogP contribution in [0.25, 0.3) is 0 Å². The molecule has 2 nitrogen and oxygen atoms in total. The molecular formula is C9H19NO. The molecule has 2 heteroatoms. The van der Waals surface area contributed by atoms with Crippen LogP contribution in [-0.2, 0) is 4.74 Å². The van der Waals surface area contributed by atoms with E-state index in [1.165, 1.54) is 19.4 Å². The van der Waals surface area contributed by atoms with Crippen molar-refractivity contribution in [2.24, 2.45) is 5.92 Å². The van der Waals surface area contributed by atoms with Crippen LogP contribution < -0.4 is 5.32 Å². The summed E-state index contributed by atoms with van der Waals surface area (Å²) in [5.74, 6) is 0.749. The largest absolute Gasteiger partial charge is 0.381 e. The first-order valence-corrected chi connectivity index (χ1v) is 4.62. The number of methoxy groups -OCH3 is 1. The van der Waals surface area contributed by atoms with Crippen molar-refractivity contribution in [3.63, 3.8) is 0 Å². The first kappa shape index (κ1) is 9.01. The molecule has 2 atom stereocenters. The molecule has 1 heterocycles. The molecule has 0 aromatic heterocycles. The average Bonchev–Trinajstić information content (AvgIpc) is 2.09. The Morgan fingerprint density at radius 3 is 2.91 bits per heavy atom. The quantitative estimate of drug-likeness (QED) is 0.669. The normalized spacial score (nSPS) is 28.4. The molecule has 0 amide bonds. The third-order valence-electron chi connectivity index (χ3n) is 2.57. The van der Waals surface area contributed by atoms with Gasteiger partial charge >= 0.3 is 0 Å². The Morgan fingerprint density at radius 2 is 2.45 bits per heavy atom. The van der Waals surface area contributed by atoms with Crippen LogP contribution >= 0.6 is 0 Å². The highest BCUT2D eigenvalue weighted by Crippen LogP contribution is 2.18. The molecule has 0 aliphatic carbocycles. The fourth-order valence-electron chi connectivity index (χ4n) is 1.89. The van der Waals surface area contributed by atoms with E-state index in [0.717, 1.165) is 18.9 Å². The van der Waals surface area contributed by atoms with E-state index in [-0.39, 0.29) is 0 Å². The zero-order valence-electron chi connectivity index (χ0n) is 7.60. The van der Waals surface area contributed by atoms with Gasteiger partial charge in [-0.25, -0.2) is 0 Å². The fraction of sp³-hybridized carbons (Fsp3) is 1.00. The van der Waals surface area contributed by atoms with E-state index in [1.54, 1.807) is 0 Å². The standard InChI is InChI=1S/C9H19NO/c1-3-9(11-2)8-5-4-6-10-7-8/h8-10H,3-7H2,1-2H3/t8-,9-/m1/s1. The average molecular weight is 157 g/mol. The Bertz CT molecular complexity index is 95.7. The Kier molecular flexibility index (Phi) is 3.87. The predicted octanol–water partition coefficient (Wildman–Crippen LogP) is 1.41. The summed E-state index contributed by atoms with van der Waals surface area (Å²) in [6, 6.07) is 0. The lowest BCUT2D eigenvalue weighted by atomic mass is 9.92.